The van der Waals surface area contributed by atoms with Crippen LogP contribution in [-0.2, 0) is 4.74 Å². The van der Waals surface area contributed by atoms with Gasteiger partial charge in [0.2, 0.25) is 0 Å². The number of hydrogen-bond donors (Lipinski definition) is 1. The monoisotopic (exact) mass is 279 g/mol. The lowest BCUT2D eigenvalue weighted by molar-refractivity contribution is 0.0600. The molecule has 1 aliphatic heterocycles. The summed E-state index contributed by atoms with van der Waals surface area (Å²) in [4.78, 5) is 11.8. The third-order valence-electron chi connectivity index (χ3n) is 3.67. The summed E-state index contributed by atoms with van der Waals surface area (Å²) < 4.78 is 15.6. The van der Waals surface area contributed by atoms with E-state index in [0.29, 0.717) is 23.0 Å². The van der Waals surface area contributed by atoms with Crippen LogP contribution < -0.4 is 14.8 Å². The fourth-order valence-corrected chi connectivity index (χ4v) is 2.65. The molecule has 110 valence electrons. The summed E-state index contributed by atoms with van der Waals surface area (Å²) in [6.45, 7) is 1.91. The highest BCUT2D eigenvalue weighted by molar-refractivity contribution is 5.90. The zero-order valence-electron chi connectivity index (χ0n) is 12.2. The first kappa shape index (κ1) is 14.7. The van der Waals surface area contributed by atoms with Gasteiger partial charge >= 0.3 is 5.97 Å². The maximum Gasteiger partial charge on any atom is 0.337 e. The zero-order valence-corrected chi connectivity index (χ0v) is 12.2. The van der Waals surface area contributed by atoms with Crippen LogP contribution in [-0.4, -0.2) is 40.4 Å². The fourth-order valence-electron chi connectivity index (χ4n) is 2.65. The van der Waals surface area contributed by atoms with E-state index in [2.05, 4.69) is 5.32 Å². The average Bonchev–Trinajstić information content (AvgIpc) is 2.53. The van der Waals surface area contributed by atoms with Gasteiger partial charge in [-0.3, -0.25) is 0 Å². The van der Waals surface area contributed by atoms with Gasteiger partial charge in [0.1, 0.15) is 0 Å². The van der Waals surface area contributed by atoms with E-state index in [1.165, 1.54) is 7.11 Å². The molecule has 5 nitrogen and oxygen atoms in total. The Kier molecular flexibility index (Phi) is 4.84. The molecule has 1 aromatic rings. The van der Waals surface area contributed by atoms with Crippen molar-refractivity contribution in [1.82, 2.24) is 5.32 Å². The predicted molar refractivity (Wildman–Crippen MR) is 75.7 cm³/mol. The summed E-state index contributed by atoms with van der Waals surface area (Å²) in [5, 5.41) is 3.37. The third-order valence-corrected chi connectivity index (χ3v) is 3.67. The maximum atomic E-state index is 11.8. The Morgan fingerprint density at radius 2 is 2.05 bits per heavy atom. The molecule has 1 unspecified atom stereocenters. The first-order chi connectivity index (χ1) is 9.71. The molecule has 5 heteroatoms. The van der Waals surface area contributed by atoms with Crippen molar-refractivity contribution >= 4 is 5.97 Å². The van der Waals surface area contributed by atoms with Crippen molar-refractivity contribution in [1.29, 1.82) is 0 Å². The molecule has 1 fully saturated rings. The number of methoxy groups -OCH3 is 3. The third kappa shape index (κ3) is 2.88. The van der Waals surface area contributed by atoms with Gasteiger partial charge in [0.25, 0.3) is 0 Å². The normalized spacial score (nSPS) is 18.4. The van der Waals surface area contributed by atoms with Crippen LogP contribution in [0.4, 0.5) is 0 Å². The second kappa shape index (κ2) is 6.61. The molecule has 1 atom stereocenters. The lowest BCUT2D eigenvalue weighted by atomic mass is 9.89. The van der Waals surface area contributed by atoms with Crippen molar-refractivity contribution in [2.24, 2.45) is 0 Å². The van der Waals surface area contributed by atoms with Crippen molar-refractivity contribution in [3.63, 3.8) is 0 Å². The Labute approximate surface area is 119 Å². The molecule has 1 aliphatic rings. The number of esters is 1. The first-order valence-electron chi connectivity index (χ1n) is 6.76. The number of nitrogens with one attached hydrogen (secondary N) is 1. The molecule has 0 aromatic heterocycles. The molecular weight excluding hydrogens is 258 g/mol. The van der Waals surface area contributed by atoms with Gasteiger partial charge in [0, 0.05) is 18.0 Å². The minimum Gasteiger partial charge on any atom is -0.493 e. The summed E-state index contributed by atoms with van der Waals surface area (Å²) in [7, 11) is 4.57. The first-order valence-corrected chi connectivity index (χ1v) is 6.76. The van der Waals surface area contributed by atoms with Crippen molar-refractivity contribution in [3.05, 3.63) is 23.3 Å². The quantitative estimate of drug-likeness (QED) is 0.854. The van der Waals surface area contributed by atoms with Crippen LogP contribution in [0.25, 0.3) is 0 Å². The van der Waals surface area contributed by atoms with Crippen LogP contribution >= 0.6 is 0 Å². The SMILES string of the molecule is COC(=O)c1cc(OC)c(OC)c(C2CCCNC2)c1. The van der Waals surface area contributed by atoms with Gasteiger partial charge in [0.15, 0.2) is 11.5 Å². The lowest BCUT2D eigenvalue weighted by Gasteiger charge is -2.26. The van der Waals surface area contributed by atoms with Gasteiger partial charge in [-0.15, -0.1) is 0 Å². The second-order valence-electron chi connectivity index (χ2n) is 4.84. The van der Waals surface area contributed by atoms with E-state index in [-0.39, 0.29) is 5.97 Å². The van der Waals surface area contributed by atoms with Gasteiger partial charge < -0.3 is 19.5 Å². The van der Waals surface area contributed by atoms with Crippen LogP contribution in [0.1, 0.15) is 34.7 Å². The van der Waals surface area contributed by atoms with Crippen molar-refractivity contribution in [3.8, 4) is 11.5 Å². The van der Waals surface area contributed by atoms with Crippen molar-refractivity contribution < 1.29 is 19.0 Å². The van der Waals surface area contributed by atoms with Crippen molar-refractivity contribution in [2.45, 2.75) is 18.8 Å². The Balaban J connectivity index is 2.47. The number of ether oxygens (including phenoxy) is 3. The van der Waals surface area contributed by atoms with Crippen LogP contribution in [0.15, 0.2) is 12.1 Å². The predicted octanol–water partition coefficient (Wildman–Crippen LogP) is 1.96. The number of rotatable bonds is 4. The Bertz CT molecular complexity index is 481. The second-order valence-corrected chi connectivity index (χ2v) is 4.84. The molecule has 20 heavy (non-hydrogen) atoms. The van der Waals surface area contributed by atoms with E-state index >= 15 is 0 Å². The van der Waals surface area contributed by atoms with Gasteiger partial charge in [-0.05, 0) is 31.5 Å². The van der Waals surface area contributed by atoms with Gasteiger partial charge in [-0.1, -0.05) is 0 Å². The van der Waals surface area contributed by atoms with Crippen LogP contribution in [0.3, 0.4) is 0 Å². The molecule has 0 saturated carbocycles. The fraction of sp³-hybridized carbons (Fsp3) is 0.533. The number of benzene rings is 1. The number of carbonyl (C=O) groups excluding carboxylic acids is 1. The van der Waals surface area contributed by atoms with E-state index in [4.69, 9.17) is 14.2 Å². The lowest BCUT2D eigenvalue weighted by Crippen LogP contribution is -2.28. The molecule has 0 aliphatic carbocycles. The van der Waals surface area contributed by atoms with Crippen LogP contribution in [0.2, 0.25) is 0 Å². The molecular formula is C15H21NO4. The Morgan fingerprint density at radius 3 is 2.60 bits per heavy atom. The highest BCUT2D eigenvalue weighted by atomic mass is 16.5. The molecule has 2 rings (SSSR count). The maximum absolute atomic E-state index is 11.8. The summed E-state index contributed by atoms with van der Waals surface area (Å²) in [6, 6.07) is 3.51. The molecule has 0 spiro atoms. The largest absolute Gasteiger partial charge is 0.493 e. The van der Waals surface area contributed by atoms with Gasteiger partial charge in [-0.2, -0.15) is 0 Å². The number of hydrogen-bond acceptors (Lipinski definition) is 5. The van der Waals surface area contributed by atoms with E-state index in [0.717, 1.165) is 31.5 Å². The smallest absolute Gasteiger partial charge is 0.337 e. The molecule has 1 N–H and O–H groups in total. The van der Waals surface area contributed by atoms with Crippen molar-refractivity contribution in [2.75, 3.05) is 34.4 Å². The highest BCUT2D eigenvalue weighted by Gasteiger charge is 2.24. The highest BCUT2D eigenvalue weighted by Crippen LogP contribution is 2.39. The van der Waals surface area contributed by atoms with E-state index in [1.54, 1.807) is 20.3 Å². The molecule has 1 saturated heterocycles. The Morgan fingerprint density at radius 1 is 1.25 bits per heavy atom. The average molecular weight is 279 g/mol. The van der Waals surface area contributed by atoms with E-state index in [9.17, 15) is 4.79 Å². The topological polar surface area (TPSA) is 56.8 Å². The van der Waals surface area contributed by atoms with Crippen LogP contribution in [0, 0.1) is 0 Å². The standard InChI is InChI=1S/C15H21NO4/c1-18-13-8-11(15(17)20-3)7-12(14(13)19-2)10-5-4-6-16-9-10/h7-8,10,16H,4-6,9H2,1-3H3. The molecule has 0 amide bonds. The molecule has 1 aromatic carbocycles. The summed E-state index contributed by atoms with van der Waals surface area (Å²) in [5.74, 6) is 1.22. The van der Waals surface area contributed by atoms with E-state index < -0.39 is 0 Å². The number of carbonyl (C=O) groups is 1. The molecule has 0 bridgehead atoms. The molecule has 0 radical (unpaired) electrons. The van der Waals surface area contributed by atoms with Gasteiger partial charge in [-0.25, -0.2) is 4.79 Å². The number of piperidine rings is 1. The van der Waals surface area contributed by atoms with E-state index in [1.807, 2.05) is 6.07 Å². The summed E-state index contributed by atoms with van der Waals surface area (Å²) in [6.07, 6.45) is 2.18. The Hall–Kier alpha value is -1.75. The summed E-state index contributed by atoms with van der Waals surface area (Å²) in [5.41, 5.74) is 1.49. The van der Waals surface area contributed by atoms with Gasteiger partial charge in [0.05, 0.1) is 26.9 Å². The minimum atomic E-state index is -0.365. The zero-order chi connectivity index (χ0) is 14.5. The minimum absolute atomic E-state index is 0.317. The summed E-state index contributed by atoms with van der Waals surface area (Å²) >= 11 is 0. The molecule has 1 heterocycles. The van der Waals surface area contributed by atoms with Crippen LogP contribution in [0.5, 0.6) is 11.5 Å².